The average molecular weight is 456 g/mol. The number of benzene rings is 2. The first-order valence-electron chi connectivity index (χ1n) is 11.7. The van der Waals surface area contributed by atoms with Crippen molar-refractivity contribution < 1.29 is 14.7 Å². The minimum absolute atomic E-state index is 0.238. The number of allylic oxidation sites excluding steroid dienone is 2. The fourth-order valence-electron chi connectivity index (χ4n) is 4.22. The molecule has 0 aliphatic heterocycles. The van der Waals surface area contributed by atoms with Crippen LogP contribution in [0.25, 0.3) is 17.0 Å². The molecule has 2 aromatic carbocycles. The number of aromatic nitrogens is 2. The fourth-order valence-corrected chi connectivity index (χ4v) is 4.22. The zero-order valence-electron chi connectivity index (χ0n) is 19.3. The molecule has 1 aromatic heterocycles. The number of carboxylic acid groups (broad SMARTS) is 1. The third-order valence-corrected chi connectivity index (χ3v) is 6.31. The lowest BCUT2D eigenvalue weighted by Crippen LogP contribution is -2.38. The van der Waals surface area contributed by atoms with Crippen LogP contribution < -0.4 is 5.32 Å². The highest BCUT2D eigenvalue weighted by Gasteiger charge is 2.17. The number of aryl methyl sites for hydroxylation is 1. The number of rotatable bonds is 8. The van der Waals surface area contributed by atoms with E-state index in [1.165, 1.54) is 18.1 Å². The van der Waals surface area contributed by atoms with Gasteiger partial charge in [-0.3, -0.25) is 9.59 Å². The predicted octanol–water partition coefficient (Wildman–Crippen LogP) is 5.02. The molecule has 1 aliphatic rings. The molecule has 1 aliphatic carbocycles. The molecule has 0 saturated carbocycles. The van der Waals surface area contributed by atoms with Crippen molar-refractivity contribution in [3.63, 3.8) is 0 Å². The Balaban J connectivity index is 1.33. The minimum atomic E-state index is -1.04. The molecule has 0 saturated heterocycles. The third-order valence-electron chi connectivity index (χ3n) is 6.31. The van der Waals surface area contributed by atoms with Gasteiger partial charge in [0.1, 0.15) is 6.04 Å². The number of aliphatic carboxylic acids is 1. The largest absolute Gasteiger partial charge is 0.480 e. The van der Waals surface area contributed by atoms with Crippen LogP contribution in [-0.4, -0.2) is 33.0 Å². The van der Waals surface area contributed by atoms with Gasteiger partial charge in [0, 0.05) is 29.9 Å². The Kier molecular flexibility index (Phi) is 7.48. The maximum Gasteiger partial charge on any atom is 0.325 e. The molecule has 6 nitrogen and oxygen atoms in total. The maximum atomic E-state index is 11.9. The summed E-state index contributed by atoms with van der Waals surface area (Å²) in [4.78, 5) is 31.9. The van der Waals surface area contributed by atoms with Crippen LogP contribution in [0.5, 0.6) is 0 Å². The van der Waals surface area contributed by atoms with E-state index in [-0.39, 0.29) is 12.3 Å². The van der Waals surface area contributed by atoms with Crippen molar-refractivity contribution in [3.8, 4) is 11.4 Å². The molecule has 0 radical (unpaired) electrons. The van der Waals surface area contributed by atoms with Crippen LogP contribution in [0, 0.1) is 0 Å². The van der Waals surface area contributed by atoms with Gasteiger partial charge in [0.2, 0.25) is 5.91 Å². The fraction of sp³-hybridized carbons (Fsp3) is 0.286. The van der Waals surface area contributed by atoms with Crippen LogP contribution in [0.3, 0.4) is 0 Å². The van der Waals surface area contributed by atoms with Gasteiger partial charge in [-0.1, -0.05) is 60.7 Å². The van der Waals surface area contributed by atoms with Crippen molar-refractivity contribution in [1.82, 2.24) is 15.3 Å². The number of carboxylic acids is 1. The second-order valence-electron chi connectivity index (χ2n) is 8.73. The quantitative estimate of drug-likeness (QED) is 0.498. The number of nitrogens with zero attached hydrogens (tertiary/aromatic N) is 2. The van der Waals surface area contributed by atoms with Crippen molar-refractivity contribution >= 4 is 17.4 Å². The molecule has 2 atom stereocenters. The number of hydrogen-bond acceptors (Lipinski definition) is 4. The Hall–Kier alpha value is -3.80. The van der Waals surface area contributed by atoms with Crippen LogP contribution in [0.2, 0.25) is 0 Å². The Morgan fingerprint density at radius 2 is 1.74 bits per heavy atom. The van der Waals surface area contributed by atoms with Gasteiger partial charge in [-0.15, -0.1) is 0 Å². The molecule has 1 heterocycles. The van der Waals surface area contributed by atoms with E-state index < -0.39 is 12.0 Å². The summed E-state index contributed by atoms with van der Waals surface area (Å²) >= 11 is 0. The Bertz CT molecular complexity index is 1160. The molecule has 1 unspecified atom stereocenters. The van der Waals surface area contributed by atoms with E-state index in [1.54, 1.807) is 0 Å². The van der Waals surface area contributed by atoms with Gasteiger partial charge < -0.3 is 10.4 Å². The Morgan fingerprint density at radius 3 is 2.35 bits per heavy atom. The number of hydrogen-bond donors (Lipinski definition) is 2. The number of amides is 1. The van der Waals surface area contributed by atoms with Gasteiger partial charge in [-0.25, -0.2) is 9.97 Å². The second kappa shape index (κ2) is 10.9. The molecule has 2 N–H and O–H groups in total. The monoisotopic (exact) mass is 455 g/mol. The predicted molar refractivity (Wildman–Crippen MR) is 132 cm³/mol. The highest BCUT2D eigenvalue weighted by molar-refractivity contribution is 5.83. The van der Waals surface area contributed by atoms with Crippen LogP contribution in [0.1, 0.15) is 55.2 Å². The lowest BCUT2D eigenvalue weighted by atomic mass is 9.83. The van der Waals surface area contributed by atoms with Crippen LogP contribution in [-0.2, 0) is 16.0 Å². The maximum absolute atomic E-state index is 11.9. The number of carbonyl (C=O) groups is 2. The van der Waals surface area contributed by atoms with Crippen LogP contribution >= 0.6 is 0 Å². The number of carbonyl (C=O) groups excluding carboxylic acids is 1. The van der Waals surface area contributed by atoms with Crippen molar-refractivity contribution in [2.24, 2.45) is 0 Å². The summed E-state index contributed by atoms with van der Waals surface area (Å²) in [6.45, 7) is 1.45. The molecule has 0 fully saturated rings. The van der Waals surface area contributed by atoms with E-state index in [2.05, 4.69) is 51.7 Å². The lowest BCUT2D eigenvalue weighted by molar-refractivity contribution is -0.141. The van der Waals surface area contributed by atoms with E-state index in [1.807, 2.05) is 36.7 Å². The van der Waals surface area contributed by atoms with Gasteiger partial charge in [0.05, 0.1) is 0 Å². The second-order valence-corrected chi connectivity index (χ2v) is 8.73. The van der Waals surface area contributed by atoms with E-state index in [9.17, 15) is 9.59 Å². The topological polar surface area (TPSA) is 92.2 Å². The summed E-state index contributed by atoms with van der Waals surface area (Å²) in [5.41, 5.74) is 5.71. The Morgan fingerprint density at radius 1 is 1.03 bits per heavy atom. The average Bonchev–Trinajstić information content (AvgIpc) is 2.88. The molecule has 34 heavy (non-hydrogen) atoms. The molecule has 4 rings (SSSR count). The van der Waals surface area contributed by atoms with E-state index in [0.29, 0.717) is 18.2 Å². The molecule has 0 spiro atoms. The van der Waals surface area contributed by atoms with E-state index >= 15 is 0 Å². The van der Waals surface area contributed by atoms with Gasteiger partial charge in [-0.05, 0) is 55.2 Å². The molecule has 6 heteroatoms. The first kappa shape index (κ1) is 23.4. The molecule has 174 valence electrons. The van der Waals surface area contributed by atoms with Gasteiger partial charge in [0.25, 0.3) is 0 Å². The highest BCUT2D eigenvalue weighted by Crippen LogP contribution is 2.35. The van der Waals surface area contributed by atoms with Gasteiger partial charge >= 0.3 is 5.97 Å². The standard InChI is InChI=1S/C28H29N3O3/c1-19(28(33)34)31-26(32)16-9-20-7-10-24(11-8-20)27-29-17-25(18-30-27)23-14-12-22(13-15-23)21-5-3-2-4-6-21/h2-8,10-11,14,17-19,22H,9,12-13,15-16H2,1H3,(H,31,32)(H,33,34)/t19-,22?/m1/s1. The zero-order valence-corrected chi connectivity index (χ0v) is 19.3. The summed E-state index contributed by atoms with van der Waals surface area (Å²) in [5.74, 6) is -0.0675. The van der Waals surface area contributed by atoms with Crippen molar-refractivity contribution in [1.29, 1.82) is 0 Å². The van der Waals surface area contributed by atoms with Crippen molar-refractivity contribution in [2.45, 2.75) is 51.0 Å². The molecule has 3 aromatic rings. The highest BCUT2D eigenvalue weighted by atomic mass is 16.4. The molecular weight excluding hydrogens is 426 g/mol. The summed E-state index contributed by atoms with van der Waals surface area (Å²) in [6.07, 6.45) is 10.1. The smallest absolute Gasteiger partial charge is 0.325 e. The normalized spacial score (nSPS) is 16.4. The van der Waals surface area contributed by atoms with E-state index in [0.717, 1.165) is 36.0 Å². The minimum Gasteiger partial charge on any atom is -0.480 e. The summed E-state index contributed by atoms with van der Waals surface area (Å²) < 4.78 is 0. The molecule has 1 amide bonds. The molecular formula is C28H29N3O3. The first-order valence-corrected chi connectivity index (χ1v) is 11.7. The Labute approximate surface area is 199 Å². The summed E-state index contributed by atoms with van der Waals surface area (Å²) in [5, 5.41) is 11.3. The molecule has 0 bridgehead atoms. The van der Waals surface area contributed by atoms with Crippen LogP contribution in [0.4, 0.5) is 0 Å². The number of nitrogens with one attached hydrogen (secondary N) is 1. The van der Waals surface area contributed by atoms with Crippen molar-refractivity contribution in [2.75, 3.05) is 0 Å². The SMILES string of the molecule is C[C@@H](NC(=O)CCc1ccc(-c2ncc(C3=CCC(c4ccccc4)CC3)cn2)cc1)C(=O)O. The van der Waals surface area contributed by atoms with Gasteiger partial charge in [-0.2, -0.15) is 0 Å². The lowest BCUT2D eigenvalue weighted by Gasteiger charge is -2.22. The van der Waals surface area contributed by atoms with Crippen LogP contribution in [0.15, 0.2) is 73.1 Å². The third kappa shape index (κ3) is 5.95. The zero-order chi connectivity index (χ0) is 23.9. The van der Waals surface area contributed by atoms with E-state index in [4.69, 9.17) is 5.11 Å². The first-order chi connectivity index (χ1) is 16.5. The van der Waals surface area contributed by atoms with Gasteiger partial charge in [0.15, 0.2) is 5.82 Å². The summed E-state index contributed by atoms with van der Waals surface area (Å²) in [7, 11) is 0. The van der Waals surface area contributed by atoms with Crippen molar-refractivity contribution in [3.05, 3.63) is 89.8 Å². The summed E-state index contributed by atoms with van der Waals surface area (Å²) in [6, 6.07) is 17.6.